The summed E-state index contributed by atoms with van der Waals surface area (Å²) < 4.78 is 23.6. The fourth-order valence-corrected chi connectivity index (χ4v) is 4.95. The van der Waals surface area contributed by atoms with Crippen molar-refractivity contribution in [1.82, 2.24) is 4.98 Å². The zero-order chi connectivity index (χ0) is 23.3. The molecule has 3 rings (SSSR count). The quantitative estimate of drug-likeness (QED) is 0.331. The van der Waals surface area contributed by atoms with Gasteiger partial charge in [0.2, 0.25) is 0 Å². The van der Waals surface area contributed by atoms with Crippen LogP contribution in [0.2, 0.25) is 0 Å². The van der Waals surface area contributed by atoms with Crippen LogP contribution >= 0.6 is 23.1 Å². The highest BCUT2D eigenvalue weighted by Gasteiger charge is 2.29. The number of carbonyl (C=O) groups excluding carboxylic acids is 1. The minimum atomic E-state index is -0.965. The van der Waals surface area contributed by atoms with E-state index < -0.39 is 16.7 Å². The van der Waals surface area contributed by atoms with Gasteiger partial charge in [0.05, 0.1) is 19.4 Å². The van der Waals surface area contributed by atoms with Crippen molar-refractivity contribution >= 4 is 35.0 Å². The fraction of sp³-hybridized carbons (Fsp3) is 0.261. The van der Waals surface area contributed by atoms with Gasteiger partial charge in [-0.2, -0.15) is 0 Å². The van der Waals surface area contributed by atoms with Crippen LogP contribution in [0, 0.1) is 5.82 Å². The van der Waals surface area contributed by atoms with E-state index in [-0.39, 0.29) is 18.0 Å². The van der Waals surface area contributed by atoms with Crippen molar-refractivity contribution in [3.63, 3.8) is 0 Å². The predicted octanol–water partition coefficient (Wildman–Crippen LogP) is 5.31. The third-order valence-corrected chi connectivity index (χ3v) is 6.74. The van der Waals surface area contributed by atoms with E-state index in [9.17, 15) is 19.1 Å². The molecule has 0 spiro atoms. The highest BCUT2D eigenvalue weighted by atomic mass is 32.2. The van der Waals surface area contributed by atoms with E-state index in [4.69, 9.17) is 9.47 Å². The molecule has 0 radical (unpaired) electrons. The number of aliphatic carboxylic acids is 1. The molecule has 168 valence electrons. The molecule has 0 bridgehead atoms. The van der Waals surface area contributed by atoms with Crippen LogP contribution < -0.4 is 4.74 Å². The molecule has 3 aromatic rings. The molecule has 0 aliphatic carbocycles. The van der Waals surface area contributed by atoms with Crippen molar-refractivity contribution in [2.45, 2.75) is 29.4 Å². The number of hydrogen-bond acceptors (Lipinski definition) is 7. The molecule has 1 aromatic heterocycles. The van der Waals surface area contributed by atoms with Crippen LogP contribution in [0.5, 0.6) is 5.75 Å². The highest BCUT2D eigenvalue weighted by Crippen LogP contribution is 2.35. The zero-order valence-corrected chi connectivity index (χ0v) is 19.4. The molecule has 9 heteroatoms. The number of carboxylic acids is 1. The summed E-state index contributed by atoms with van der Waals surface area (Å²) in [6, 6.07) is 11.1. The van der Waals surface area contributed by atoms with Crippen molar-refractivity contribution in [1.29, 1.82) is 0 Å². The van der Waals surface area contributed by atoms with Crippen LogP contribution in [0.25, 0.3) is 11.1 Å². The van der Waals surface area contributed by atoms with Gasteiger partial charge >= 0.3 is 11.9 Å². The second-order valence-electron chi connectivity index (χ2n) is 7.33. The minimum Gasteiger partial charge on any atom is -0.492 e. The predicted molar refractivity (Wildman–Crippen MR) is 122 cm³/mol. The number of hydrogen-bond donors (Lipinski definition) is 1. The number of rotatable bonds is 9. The summed E-state index contributed by atoms with van der Waals surface area (Å²) in [5.74, 6) is -1.40. The van der Waals surface area contributed by atoms with Crippen molar-refractivity contribution < 1.29 is 28.6 Å². The Morgan fingerprint density at radius 1 is 1.16 bits per heavy atom. The van der Waals surface area contributed by atoms with Gasteiger partial charge in [-0.1, -0.05) is 30.0 Å². The molecule has 0 aliphatic rings. The van der Waals surface area contributed by atoms with E-state index in [2.05, 4.69) is 4.98 Å². The van der Waals surface area contributed by atoms with E-state index >= 15 is 0 Å². The second-order valence-corrected chi connectivity index (χ2v) is 10.1. The van der Waals surface area contributed by atoms with Crippen molar-refractivity contribution in [2.75, 3.05) is 13.7 Å². The Bertz CT molecular complexity index is 1110. The number of aromatic nitrogens is 1. The van der Waals surface area contributed by atoms with Gasteiger partial charge in [-0.05, 0) is 49.2 Å². The molecule has 0 fully saturated rings. The zero-order valence-electron chi connectivity index (χ0n) is 17.8. The Morgan fingerprint density at radius 2 is 1.84 bits per heavy atom. The number of carboxylic acid groups (broad SMARTS) is 1. The lowest BCUT2D eigenvalue weighted by Crippen LogP contribution is -2.26. The summed E-state index contributed by atoms with van der Waals surface area (Å²) in [7, 11) is 1.30. The SMILES string of the molecule is COC(=O)c1cc(-c2ccc(F)cc2)ccc1OCCc1csc(SC(C)(C)C(=O)O)n1. The Balaban J connectivity index is 1.69. The normalized spacial score (nSPS) is 11.2. The maximum Gasteiger partial charge on any atom is 0.341 e. The van der Waals surface area contributed by atoms with E-state index in [0.717, 1.165) is 16.8 Å². The molecule has 0 unspecified atom stereocenters. The van der Waals surface area contributed by atoms with Crippen molar-refractivity contribution in [3.05, 3.63) is 64.9 Å². The molecular formula is C23H22FNO5S2. The van der Waals surface area contributed by atoms with Gasteiger partial charge in [-0.3, -0.25) is 4.79 Å². The van der Waals surface area contributed by atoms with Crippen LogP contribution in [0.4, 0.5) is 4.39 Å². The highest BCUT2D eigenvalue weighted by molar-refractivity contribution is 8.02. The molecule has 0 atom stereocenters. The maximum absolute atomic E-state index is 13.2. The van der Waals surface area contributed by atoms with Gasteiger partial charge in [0.1, 0.15) is 21.9 Å². The summed E-state index contributed by atoms with van der Waals surface area (Å²) in [5, 5.41) is 11.1. The van der Waals surface area contributed by atoms with Gasteiger partial charge in [0, 0.05) is 11.8 Å². The standard InChI is InChI=1S/C23H22FNO5S2/c1-23(2,21(27)28)32-22-25-17(13-31-22)10-11-30-19-9-6-15(12-18(19)20(26)29-3)14-4-7-16(24)8-5-14/h4-9,12-13H,10-11H2,1-3H3,(H,27,28). The lowest BCUT2D eigenvalue weighted by atomic mass is 10.0. The largest absolute Gasteiger partial charge is 0.492 e. The van der Waals surface area contributed by atoms with Crippen LogP contribution in [0.3, 0.4) is 0 Å². The van der Waals surface area contributed by atoms with Crippen molar-refractivity contribution in [2.24, 2.45) is 0 Å². The summed E-state index contributed by atoms with van der Waals surface area (Å²) in [4.78, 5) is 28.0. The number of methoxy groups -OCH3 is 1. The first kappa shape index (κ1) is 23.7. The number of carbonyl (C=O) groups is 2. The van der Waals surface area contributed by atoms with E-state index in [1.165, 1.54) is 42.3 Å². The number of ether oxygens (including phenoxy) is 2. The number of halogens is 1. The van der Waals surface area contributed by atoms with E-state index in [1.54, 1.807) is 44.2 Å². The first-order chi connectivity index (χ1) is 15.2. The van der Waals surface area contributed by atoms with E-state index in [1.807, 2.05) is 5.38 Å². The van der Waals surface area contributed by atoms with Crippen LogP contribution in [0.15, 0.2) is 52.2 Å². The lowest BCUT2D eigenvalue weighted by molar-refractivity contribution is -0.138. The molecule has 2 aromatic carbocycles. The fourth-order valence-electron chi connectivity index (χ4n) is 2.72. The molecule has 1 heterocycles. The molecule has 0 amide bonds. The molecule has 32 heavy (non-hydrogen) atoms. The number of thiazole rings is 1. The van der Waals surface area contributed by atoms with Crippen LogP contribution in [-0.4, -0.2) is 40.5 Å². The first-order valence-electron chi connectivity index (χ1n) is 9.67. The monoisotopic (exact) mass is 475 g/mol. The Labute approximate surface area is 193 Å². The topological polar surface area (TPSA) is 85.7 Å². The molecule has 1 N–H and O–H groups in total. The van der Waals surface area contributed by atoms with E-state index in [0.29, 0.717) is 16.5 Å². The van der Waals surface area contributed by atoms with Crippen molar-refractivity contribution in [3.8, 4) is 16.9 Å². The molecule has 0 saturated carbocycles. The summed E-state index contributed by atoms with van der Waals surface area (Å²) in [5.41, 5.74) is 2.55. The average Bonchev–Trinajstić information content (AvgIpc) is 3.20. The van der Waals surface area contributed by atoms with Gasteiger partial charge in [0.15, 0.2) is 4.34 Å². The Hall–Kier alpha value is -2.91. The Morgan fingerprint density at radius 3 is 2.50 bits per heavy atom. The Kier molecular flexibility index (Phi) is 7.52. The third kappa shape index (κ3) is 5.86. The van der Waals surface area contributed by atoms with Gasteiger partial charge in [-0.25, -0.2) is 14.2 Å². The smallest absolute Gasteiger partial charge is 0.341 e. The van der Waals surface area contributed by atoms with Gasteiger partial charge in [0.25, 0.3) is 0 Å². The average molecular weight is 476 g/mol. The number of thioether (sulfide) groups is 1. The first-order valence-corrected chi connectivity index (χ1v) is 11.4. The number of benzene rings is 2. The summed E-state index contributed by atoms with van der Waals surface area (Å²) in [6.07, 6.45) is 0.491. The summed E-state index contributed by atoms with van der Waals surface area (Å²) in [6.45, 7) is 3.54. The summed E-state index contributed by atoms with van der Waals surface area (Å²) >= 11 is 2.58. The third-order valence-electron chi connectivity index (χ3n) is 4.57. The van der Waals surface area contributed by atoms with Gasteiger partial charge in [-0.15, -0.1) is 11.3 Å². The maximum atomic E-state index is 13.2. The number of esters is 1. The lowest BCUT2D eigenvalue weighted by Gasteiger charge is -2.15. The van der Waals surface area contributed by atoms with Crippen LogP contribution in [0.1, 0.15) is 29.9 Å². The second kappa shape index (κ2) is 10.1. The molecule has 0 aliphatic heterocycles. The van der Waals surface area contributed by atoms with Gasteiger partial charge < -0.3 is 14.6 Å². The molecular weight excluding hydrogens is 453 g/mol. The van der Waals surface area contributed by atoms with Crippen LogP contribution in [-0.2, 0) is 16.0 Å². The molecule has 6 nitrogen and oxygen atoms in total. The molecule has 0 saturated heterocycles. The minimum absolute atomic E-state index is 0.270. The number of nitrogens with zero attached hydrogens (tertiary/aromatic N) is 1.